The SMILES string of the molecule is CC(O)CC(C)O.CC(O)CC(C)O.[Ru].c1ccc([PH+](c2ccccc2)c2ccccc2)cc1.c1ccc([PH+](c2ccccc2)c2ccccc2)cc1. The van der Waals surface area contributed by atoms with Crippen LogP contribution >= 0.6 is 15.8 Å². The molecule has 0 bridgehead atoms. The van der Waals surface area contributed by atoms with Crippen molar-refractivity contribution in [1.29, 1.82) is 0 Å². The Hall–Kier alpha value is -3.36. The number of benzene rings is 6. The molecule has 0 saturated heterocycles. The molecular formula is C46H56O4P2Ru+2. The zero-order valence-electron chi connectivity index (χ0n) is 31.2. The molecular weight excluding hydrogens is 780 g/mol. The molecule has 0 spiro atoms. The van der Waals surface area contributed by atoms with E-state index < -0.39 is 15.8 Å². The smallest absolute Gasteiger partial charge is 0.102 e. The third-order valence-corrected chi connectivity index (χ3v) is 13.2. The Bertz CT molecular complexity index is 1400. The summed E-state index contributed by atoms with van der Waals surface area (Å²) in [6, 6.07) is 65.0. The van der Waals surface area contributed by atoms with E-state index in [9.17, 15) is 0 Å². The topological polar surface area (TPSA) is 80.9 Å². The zero-order chi connectivity index (χ0) is 37.6. The van der Waals surface area contributed by atoms with Crippen LogP contribution in [0.25, 0.3) is 0 Å². The first kappa shape index (κ1) is 45.8. The maximum atomic E-state index is 8.56. The monoisotopic (exact) mass is 836 g/mol. The molecule has 6 aromatic rings. The molecule has 0 heterocycles. The van der Waals surface area contributed by atoms with Crippen LogP contribution in [0.3, 0.4) is 0 Å². The van der Waals surface area contributed by atoms with Crippen LogP contribution in [0.1, 0.15) is 40.5 Å². The minimum atomic E-state index is -0.877. The van der Waals surface area contributed by atoms with Gasteiger partial charge in [-0.05, 0) is 113 Å². The minimum Gasteiger partial charge on any atom is -0.393 e. The van der Waals surface area contributed by atoms with Gasteiger partial charge in [0.15, 0.2) is 0 Å². The van der Waals surface area contributed by atoms with Gasteiger partial charge in [0.2, 0.25) is 0 Å². The maximum Gasteiger partial charge on any atom is 0.102 e. The molecule has 6 aromatic carbocycles. The standard InChI is InChI=1S/2C18H15P.2C5H12O2.Ru/c2*1-4-10-16(11-5-1)19(17-12-6-2-7-13-17)18-14-8-3-9-15-18;2*1-4(6)3-5(2)7;/h2*1-15H;2*4-7H,3H2,1-2H3;/p+2. The summed E-state index contributed by atoms with van der Waals surface area (Å²) >= 11 is 0. The van der Waals surface area contributed by atoms with Gasteiger partial charge >= 0.3 is 0 Å². The first-order chi connectivity index (χ1) is 25.2. The molecule has 0 aliphatic rings. The first-order valence-corrected chi connectivity index (χ1v) is 20.9. The van der Waals surface area contributed by atoms with Crippen LogP contribution in [0.4, 0.5) is 0 Å². The second-order valence-electron chi connectivity index (χ2n) is 12.8. The van der Waals surface area contributed by atoms with E-state index in [1.165, 1.54) is 31.8 Å². The molecule has 0 radical (unpaired) electrons. The van der Waals surface area contributed by atoms with Gasteiger partial charge in [-0.25, -0.2) is 0 Å². The fourth-order valence-electron chi connectivity index (χ4n) is 5.62. The van der Waals surface area contributed by atoms with Crippen LogP contribution in [-0.2, 0) is 19.5 Å². The van der Waals surface area contributed by atoms with Crippen molar-refractivity contribution in [2.45, 2.75) is 65.0 Å². The van der Waals surface area contributed by atoms with Crippen LogP contribution in [0.15, 0.2) is 182 Å². The van der Waals surface area contributed by atoms with E-state index in [2.05, 4.69) is 182 Å². The van der Waals surface area contributed by atoms with Crippen molar-refractivity contribution in [3.05, 3.63) is 182 Å². The normalized spacial score (nSPS) is 12.6. The van der Waals surface area contributed by atoms with Gasteiger partial charge in [-0.2, -0.15) is 0 Å². The van der Waals surface area contributed by atoms with Gasteiger partial charge in [-0.1, -0.05) is 109 Å². The summed E-state index contributed by atoms with van der Waals surface area (Å²) in [5.74, 6) is 0. The molecule has 4 nitrogen and oxygen atoms in total. The van der Waals surface area contributed by atoms with Crippen molar-refractivity contribution >= 4 is 47.7 Å². The van der Waals surface area contributed by atoms with Crippen LogP contribution < -0.4 is 31.8 Å². The maximum absolute atomic E-state index is 8.56. The molecule has 6 rings (SSSR count). The van der Waals surface area contributed by atoms with Gasteiger partial charge in [0.1, 0.15) is 31.8 Å². The number of aliphatic hydroxyl groups is 4. The third-order valence-electron chi connectivity index (χ3n) is 7.74. The zero-order valence-corrected chi connectivity index (χ0v) is 34.9. The number of hydrogen-bond acceptors (Lipinski definition) is 4. The first-order valence-electron chi connectivity index (χ1n) is 17.9. The summed E-state index contributed by atoms with van der Waals surface area (Å²) in [5.41, 5.74) is 0. The second kappa shape index (κ2) is 26.4. The molecule has 0 aliphatic heterocycles. The van der Waals surface area contributed by atoms with Crippen LogP contribution in [0.2, 0.25) is 0 Å². The molecule has 4 atom stereocenters. The van der Waals surface area contributed by atoms with Crippen LogP contribution in [0, 0.1) is 0 Å². The second-order valence-corrected chi connectivity index (χ2v) is 17.8. The molecule has 0 amide bonds. The largest absolute Gasteiger partial charge is 0.393 e. The van der Waals surface area contributed by atoms with E-state index in [4.69, 9.17) is 20.4 Å². The van der Waals surface area contributed by atoms with Crippen molar-refractivity contribution < 1.29 is 39.9 Å². The average molecular weight is 836 g/mol. The van der Waals surface area contributed by atoms with Crippen LogP contribution in [-0.4, -0.2) is 44.8 Å². The molecule has 0 fully saturated rings. The van der Waals surface area contributed by atoms with Crippen molar-refractivity contribution in [2.75, 3.05) is 0 Å². The Kier molecular flexibility index (Phi) is 22.8. The minimum absolute atomic E-state index is 0. The van der Waals surface area contributed by atoms with Crippen LogP contribution in [0.5, 0.6) is 0 Å². The molecule has 7 heteroatoms. The number of hydrogen-bond donors (Lipinski definition) is 4. The quantitative estimate of drug-likeness (QED) is 0.0924. The van der Waals surface area contributed by atoms with Crippen molar-refractivity contribution in [1.82, 2.24) is 0 Å². The molecule has 4 N–H and O–H groups in total. The van der Waals surface area contributed by atoms with Gasteiger partial charge in [0, 0.05) is 19.5 Å². The molecule has 4 unspecified atom stereocenters. The summed E-state index contributed by atoms with van der Waals surface area (Å²) in [5, 5.41) is 42.9. The Morgan fingerprint density at radius 2 is 0.434 bits per heavy atom. The Morgan fingerprint density at radius 3 is 0.528 bits per heavy atom. The number of aliphatic hydroxyl groups excluding tert-OH is 4. The Balaban J connectivity index is 0.000000269. The van der Waals surface area contributed by atoms with Gasteiger partial charge in [-0.15, -0.1) is 0 Å². The third kappa shape index (κ3) is 18.0. The van der Waals surface area contributed by atoms with Gasteiger partial charge < -0.3 is 20.4 Å². The van der Waals surface area contributed by atoms with Gasteiger partial charge in [0.25, 0.3) is 0 Å². The average Bonchev–Trinajstić information content (AvgIpc) is 3.14. The Labute approximate surface area is 332 Å². The number of rotatable bonds is 10. The predicted octanol–water partition coefficient (Wildman–Crippen LogP) is 6.63. The van der Waals surface area contributed by atoms with E-state index in [0.29, 0.717) is 12.8 Å². The van der Waals surface area contributed by atoms with E-state index in [1.54, 1.807) is 27.7 Å². The van der Waals surface area contributed by atoms with E-state index in [1.807, 2.05) is 0 Å². The van der Waals surface area contributed by atoms with E-state index in [-0.39, 0.29) is 43.9 Å². The van der Waals surface area contributed by atoms with Crippen molar-refractivity contribution in [3.63, 3.8) is 0 Å². The summed E-state index contributed by atoms with van der Waals surface area (Å²) < 4.78 is 0. The summed E-state index contributed by atoms with van der Waals surface area (Å²) in [7, 11) is -1.75. The fourth-order valence-corrected chi connectivity index (χ4v) is 10.8. The van der Waals surface area contributed by atoms with Gasteiger partial charge in [-0.3, -0.25) is 0 Å². The van der Waals surface area contributed by atoms with Crippen molar-refractivity contribution in [2.24, 2.45) is 0 Å². The molecule has 0 aliphatic carbocycles. The molecule has 53 heavy (non-hydrogen) atoms. The summed E-state index contributed by atoms with van der Waals surface area (Å²) in [6.07, 6.45) is -0.556. The molecule has 280 valence electrons. The molecule has 0 saturated carbocycles. The fraction of sp³-hybridized carbons (Fsp3) is 0.217. The summed E-state index contributed by atoms with van der Waals surface area (Å²) in [4.78, 5) is 0. The summed E-state index contributed by atoms with van der Waals surface area (Å²) in [6.45, 7) is 6.64. The van der Waals surface area contributed by atoms with E-state index in [0.717, 1.165) is 0 Å². The van der Waals surface area contributed by atoms with E-state index >= 15 is 0 Å². The molecule has 0 aromatic heterocycles. The Morgan fingerprint density at radius 1 is 0.302 bits per heavy atom. The van der Waals surface area contributed by atoms with Gasteiger partial charge in [0.05, 0.1) is 40.3 Å². The van der Waals surface area contributed by atoms with Crippen molar-refractivity contribution in [3.8, 4) is 0 Å². The predicted molar refractivity (Wildman–Crippen MR) is 229 cm³/mol.